The zero-order valence-corrected chi connectivity index (χ0v) is 17.3. The maximum Gasteiger partial charge on any atom is 0.420 e. The SMILES string of the molecule is CC(C)C[C@H](c1cc(Br)cc(C(F)(F)F)c1O)N1CCNCC1.Cl.Cl. The fourth-order valence-electron chi connectivity index (χ4n) is 3.00. The van der Waals surface area contributed by atoms with Crippen molar-refractivity contribution in [2.75, 3.05) is 26.2 Å². The van der Waals surface area contributed by atoms with Crippen LogP contribution in [0.4, 0.5) is 13.2 Å². The smallest absolute Gasteiger partial charge is 0.420 e. The summed E-state index contributed by atoms with van der Waals surface area (Å²) in [6, 6.07) is 2.32. The molecule has 2 N–H and O–H groups in total. The van der Waals surface area contributed by atoms with E-state index in [9.17, 15) is 18.3 Å². The molecule has 1 aromatic carbocycles. The van der Waals surface area contributed by atoms with Gasteiger partial charge in [0.25, 0.3) is 0 Å². The second-order valence-electron chi connectivity index (χ2n) is 6.32. The second kappa shape index (κ2) is 10.2. The Kier molecular flexibility index (Phi) is 10.1. The number of hydrogen-bond donors (Lipinski definition) is 2. The summed E-state index contributed by atoms with van der Waals surface area (Å²) < 4.78 is 39.9. The highest BCUT2D eigenvalue weighted by Gasteiger charge is 2.37. The largest absolute Gasteiger partial charge is 0.507 e. The van der Waals surface area contributed by atoms with Crippen molar-refractivity contribution in [1.82, 2.24) is 10.2 Å². The third kappa shape index (κ3) is 6.47. The zero-order valence-electron chi connectivity index (χ0n) is 14.1. The van der Waals surface area contributed by atoms with Crippen molar-refractivity contribution in [2.24, 2.45) is 5.92 Å². The molecule has 25 heavy (non-hydrogen) atoms. The van der Waals surface area contributed by atoms with Crippen molar-refractivity contribution in [3.63, 3.8) is 0 Å². The Balaban J connectivity index is 0.00000288. The Hall–Kier alpha value is -0.210. The van der Waals surface area contributed by atoms with Crippen LogP contribution >= 0.6 is 40.7 Å². The summed E-state index contributed by atoms with van der Waals surface area (Å²) >= 11 is 3.16. The van der Waals surface area contributed by atoms with E-state index in [2.05, 4.69) is 26.1 Å². The lowest BCUT2D eigenvalue weighted by Crippen LogP contribution is -2.45. The van der Waals surface area contributed by atoms with Gasteiger partial charge in [0.1, 0.15) is 5.75 Å². The lowest BCUT2D eigenvalue weighted by atomic mass is 9.92. The second-order valence-corrected chi connectivity index (χ2v) is 7.24. The Morgan fingerprint density at radius 1 is 1.20 bits per heavy atom. The predicted molar refractivity (Wildman–Crippen MR) is 102 cm³/mol. The van der Waals surface area contributed by atoms with Crippen LogP contribution in [0, 0.1) is 5.92 Å². The van der Waals surface area contributed by atoms with Crippen molar-refractivity contribution in [3.8, 4) is 5.75 Å². The van der Waals surface area contributed by atoms with Crippen molar-refractivity contribution >= 4 is 40.7 Å². The monoisotopic (exact) mass is 466 g/mol. The molecule has 1 aliphatic heterocycles. The topological polar surface area (TPSA) is 35.5 Å². The molecule has 0 spiro atoms. The lowest BCUT2D eigenvalue weighted by Gasteiger charge is -2.36. The van der Waals surface area contributed by atoms with Gasteiger partial charge in [-0.1, -0.05) is 29.8 Å². The van der Waals surface area contributed by atoms with E-state index in [-0.39, 0.29) is 30.9 Å². The van der Waals surface area contributed by atoms with Gasteiger partial charge in [-0.3, -0.25) is 4.90 Å². The molecule has 2 rings (SSSR count). The van der Waals surface area contributed by atoms with E-state index in [1.165, 1.54) is 0 Å². The summed E-state index contributed by atoms with van der Waals surface area (Å²) in [7, 11) is 0. The number of alkyl halides is 3. The molecule has 1 atom stereocenters. The highest BCUT2D eigenvalue weighted by Crippen LogP contribution is 2.43. The lowest BCUT2D eigenvalue weighted by molar-refractivity contribution is -0.138. The summed E-state index contributed by atoms with van der Waals surface area (Å²) in [6.07, 6.45) is -3.88. The molecule has 3 nitrogen and oxygen atoms in total. The van der Waals surface area contributed by atoms with Crippen LogP contribution in [0.3, 0.4) is 0 Å². The Labute approximate surface area is 167 Å². The van der Waals surface area contributed by atoms with Gasteiger partial charge in [-0.15, -0.1) is 24.8 Å². The molecule has 0 bridgehead atoms. The van der Waals surface area contributed by atoms with Crippen molar-refractivity contribution in [1.29, 1.82) is 0 Å². The molecule has 0 saturated carbocycles. The van der Waals surface area contributed by atoms with Gasteiger partial charge < -0.3 is 10.4 Å². The van der Waals surface area contributed by atoms with E-state index in [4.69, 9.17) is 0 Å². The summed E-state index contributed by atoms with van der Waals surface area (Å²) in [4.78, 5) is 2.15. The molecule has 0 radical (unpaired) electrons. The standard InChI is InChI=1S/C16H22BrF3N2O.2ClH/c1-10(2)7-14(22-5-3-21-4-6-22)12-8-11(17)9-13(15(12)23)16(18,19)20;;/h8-10,14,21,23H,3-7H2,1-2H3;2*1H/t14-;;/m1../s1. The molecule has 9 heteroatoms. The highest BCUT2D eigenvalue weighted by molar-refractivity contribution is 9.10. The molecular formula is C16H24BrCl2F3N2O. The molecule has 1 heterocycles. The van der Waals surface area contributed by atoms with Crippen LogP contribution in [0.1, 0.15) is 37.4 Å². The summed E-state index contributed by atoms with van der Waals surface area (Å²) in [5, 5.41) is 13.5. The first-order valence-corrected chi connectivity index (χ1v) is 8.53. The van der Waals surface area contributed by atoms with Gasteiger partial charge in [0.15, 0.2) is 0 Å². The number of phenols is 1. The maximum absolute atomic E-state index is 13.2. The fourth-order valence-corrected chi connectivity index (χ4v) is 3.48. The number of benzene rings is 1. The first kappa shape index (κ1) is 24.8. The third-order valence-corrected chi connectivity index (χ3v) is 4.51. The van der Waals surface area contributed by atoms with Crippen LogP contribution in [0.2, 0.25) is 0 Å². The molecule has 1 fully saturated rings. The van der Waals surface area contributed by atoms with Crippen molar-refractivity contribution < 1.29 is 18.3 Å². The molecule has 1 aliphatic rings. The molecule has 0 amide bonds. The molecule has 1 aromatic rings. The van der Waals surface area contributed by atoms with Crippen LogP contribution in [0.5, 0.6) is 5.75 Å². The normalized spacial score (nSPS) is 16.9. The van der Waals surface area contributed by atoms with E-state index >= 15 is 0 Å². The Morgan fingerprint density at radius 2 is 1.76 bits per heavy atom. The van der Waals surface area contributed by atoms with Gasteiger partial charge in [0, 0.05) is 42.3 Å². The van der Waals surface area contributed by atoms with Gasteiger partial charge in [-0.2, -0.15) is 13.2 Å². The summed E-state index contributed by atoms with van der Waals surface area (Å²) in [6.45, 7) is 7.18. The summed E-state index contributed by atoms with van der Waals surface area (Å²) in [5.74, 6) is -0.340. The van der Waals surface area contributed by atoms with Gasteiger partial charge >= 0.3 is 6.18 Å². The van der Waals surface area contributed by atoms with Crippen molar-refractivity contribution in [2.45, 2.75) is 32.5 Å². The van der Waals surface area contributed by atoms with Crippen LogP contribution in [-0.4, -0.2) is 36.2 Å². The number of phenolic OH excluding ortho intramolecular Hbond substituents is 1. The number of hydrogen-bond acceptors (Lipinski definition) is 3. The highest BCUT2D eigenvalue weighted by atomic mass is 79.9. The number of rotatable bonds is 4. The van der Waals surface area contributed by atoms with Gasteiger partial charge in [-0.05, 0) is 24.5 Å². The average Bonchev–Trinajstić information content (AvgIpc) is 2.46. The van der Waals surface area contributed by atoms with Crippen molar-refractivity contribution in [3.05, 3.63) is 27.7 Å². The zero-order chi connectivity index (χ0) is 17.2. The summed E-state index contributed by atoms with van der Waals surface area (Å²) in [5.41, 5.74) is -0.631. The Bertz CT molecular complexity index is 553. The minimum absolute atomic E-state index is 0. The fraction of sp³-hybridized carbons (Fsp3) is 0.625. The number of nitrogens with zero attached hydrogens (tertiary/aromatic N) is 1. The predicted octanol–water partition coefficient (Wildman–Crippen LogP) is 5.01. The van der Waals surface area contributed by atoms with E-state index in [1.807, 2.05) is 13.8 Å². The number of aromatic hydroxyl groups is 1. The number of halogens is 6. The molecule has 0 aliphatic carbocycles. The van der Waals surface area contributed by atoms with Gasteiger partial charge in [0.05, 0.1) is 5.56 Å². The van der Waals surface area contributed by atoms with Crippen LogP contribution in [0.15, 0.2) is 16.6 Å². The molecular weight excluding hydrogens is 444 g/mol. The number of nitrogens with one attached hydrogen (secondary N) is 1. The quantitative estimate of drug-likeness (QED) is 0.653. The maximum atomic E-state index is 13.2. The van der Waals surface area contributed by atoms with E-state index in [0.29, 0.717) is 22.4 Å². The molecule has 146 valence electrons. The molecule has 0 aromatic heterocycles. The van der Waals surface area contributed by atoms with E-state index < -0.39 is 17.5 Å². The van der Waals surface area contributed by atoms with Gasteiger partial charge in [0.2, 0.25) is 0 Å². The minimum Gasteiger partial charge on any atom is -0.507 e. The van der Waals surface area contributed by atoms with E-state index in [1.54, 1.807) is 6.07 Å². The van der Waals surface area contributed by atoms with Crippen LogP contribution < -0.4 is 5.32 Å². The van der Waals surface area contributed by atoms with Crippen LogP contribution in [-0.2, 0) is 6.18 Å². The van der Waals surface area contributed by atoms with E-state index in [0.717, 1.165) is 32.2 Å². The average molecular weight is 468 g/mol. The first-order valence-electron chi connectivity index (χ1n) is 7.74. The molecule has 1 saturated heterocycles. The minimum atomic E-state index is -4.57. The van der Waals surface area contributed by atoms with Crippen LogP contribution in [0.25, 0.3) is 0 Å². The van der Waals surface area contributed by atoms with Gasteiger partial charge in [-0.25, -0.2) is 0 Å². The Morgan fingerprint density at radius 3 is 2.24 bits per heavy atom. The first-order chi connectivity index (χ1) is 10.7. The number of piperazine rings is 1. The third-order valence-electron chi connectivity index (χ3n) is 4.06. The molecule has 0 unspecified atom stereocenters.